The molecule has 0 saturated heterocycles. The van der Waals surface area contributed by atoms with Gasteiger partial charge in [-0.1, -0.05) is 12.1 Å². The molecule has 6 atom stereocenters. The molecule has 3 aliphatic rings. The molecule has 11 nitrogen and oxygen atoms in total. The molecule has 0 heterocycles. The van der Waals surface area contributed by atoms with E-state index in [0.717, 1.165) is 0 Å². The monoisotopic (exact) mass is 563 g/mol. The van der Waals surface area contributed by atoms with Crippen LogP contribution in [-0.4, -0.2) is 91.1 Å². The number of ketones is 4. The highest BCUT2D eigenvalue weighted by molar-refractivity contribution is 6.32. The number of carbonyl (C=O) groups is 5. The van der Waals surface area contributed by atoms with Crippen molar-refractivity contribution in [1.82, 2.24) is 4.90 Å². The van der Waals surface area contributed by atoms with Gasteiger partial charge in [0.05, 0.1) is 24.6 Å². The molecule has 6 unspecified atom stereocenters. The third kappa shape index (κ3) is 3.98. The second kappa shape index (κ2) is 9.78. The predicted molar refractivity (Wildman–Crippen MR) is 148 cm³/mol. The molecule has 216 valence electrons. The van der Waals surface area contributed by atoms with E-state index in [9.17, 15) is 34.2 Å². The van der Waals surface area contributed by atoms with Crippen LogP contribution in [0.1, 0.15) is 22.3 Å². The van der Waals surface area contributed by atoms with Gasteiger partial charge in [0.25, 0.3) is 0 Å². The van der Waals surface area contributed by atoms with Gasteiger partial charge in [0.2, 0.25) is 5.91 Å². The maximum absolute atomic E-state index is 14.1. The number of aliphatic hydroxyl groups is 1. The Morgan fingerprint density at radius 1 is 1.05 bits per heavy atom. The van der Waals surface area contributed by atoms with E-state index in [1.807, 2.05) is 4.90 Å². The van der Waals surface area contributed by atoms with E-state index in [1.165, 1.54) is 12.0 Å². The van der Waals surface area contributed by atoms with Crippen molar-refractivity contribution in [2.75, 3.05) is 40.2 Å². The topological polar surface area (TPSA) is 168 Å². The van der Waals surface area contributed by atoms with Crippen LogP contribution in [0.15, 0.2) is 30.3 Å². The van der Waals surface area contributed by atoms with Crippen LogP contribution in [-0.2, 0) is 25.6 Å². The Labute approximate surface area is 236 Å². The maximum atomic E-state index is 14.1. The summed E-state index contributed by atoms with van der Waals surface area (Å²) in [6, 6.07) is 7.53. The number of carbonyl (C=O) groups excluding carboxylic acids is 5. The highest BCUT2D eigenvalue weighted by atomic mass is 16.5. The number of amides is 1. The summed E-state index contributed by atoms with van der Waals surface area (Å²) in [6.07, 6.45) is 0.188. The van der Waals surface area contributed by atoms with Gasteiger partial charge in [-0.15, -0.1) is 0 Å². The Hall–Kier alpha value is -4.09. The lowest BCUT2D eigenvalue weighted by Gasteiger charge is -2.52. The number of anilines is 1. The van der Waals surface area contributed by atoms with E-state index in [1.54, 1.807) is 58.5 Å². The van der Waals surface area contributed by atoms with Gasteiger partial charge in [0.15, 0.2) is 34.7 Å². The number of aromatic hydroxyl groups is 1. The second-order valence-electron chi connectivity index (χ2n) is 11.6. The van der Waals surface area contributed by atoms with Gasteiger partial charge >= 0.3 is 0 Å². The number of nitrogens with zero attached hydrogens (tertiary/aromatic N) is 2. The number of benzene rings is 2. The van der Waals surface area contributed by atoms with E-state index in [0.29, 0.717) is 28.1 Å². The number of rotatable bonds is 5. The van der Waals surface area contributed by atoms with Crippen LogP contribution in [0.4, 0.5) is 5.69 Å². The first-order valence-corrected chi connectivity index (χ1v) is 13.3. The van der Waals surface area contributed by atoms with E-state index in [-0.39, 0.29) is 24.2 Å². The molecule has 0 aromatic heterocycles. The minimum absolute atomic E-state index is 0.00223. The van der Waals surface area contributed by atoms with Crippen molar-refractivity contribution >= 4 is 34.7 Å². The highest BCUT2D eigenvalue weighted by Gasteiger charge is 2.69. The molecular weight excluding hydrogens is 530 g/mol. The number of nitrogens with two attached hydrogens (primary N) is 1. The Morgan fingerprint density at radius 2 is 1.68 bits per heavy atom. The van der Waals surface area contributed by atoms with Gasteiger partial charge in [0.1, 0.15) is 11.5 Å². The molecular formula is C30H33N3O8. The van der Waals surface area contributed by atoms with Gasteiger partial charge in [-0.3, -0.25) is 28.9 Å². The fraction of sp³-hybridized carbons (Fsp3) is 0.433. The summed E-state index contributed by atoms with van der Waals surface area (Å²) in [5, 5.41) is 23.2. The average molecular weight is 564 g/mol. The molecule has 2 fully saturated rings. The Kier molecular flexibility index (Phi) is 6.78. The molecule has 3 aliphatic carbocycles. The van der Waals surface area contributed by atoms with Crippen LogP contribution in [0, 0.1) is 23.7 Å². The lowest BCUT2D eigenvalue weighted by Crippen LogP contribution is -2.74. The van der Waals surface area contributed by atoms with Gasteiger partial charge < -0.3 is 25.6 Å². The molecule has 4 N–H and O–H groups in total. The average Bonchev–Trinajstić information content (AvgIpc) is 2.90. The van der Waals surface area contributed by atoms with Crippen LogP contribution in [0.2, 0.25) is 0 Å². The van der Waals surface area contributed by atoms with Crippen molar-refractivity contribution in [2.24, 2.45) is 29.4 Å². The van der Waals surface area contributed by atoms with E-state index >= 15 is 0 Å². The molecule has 2 aromatic carbocycles. The van der Waals surface area contributed by atoms with Crippen LogP contribution >= 0.6 is 0 Å². The summed E-state index contributed by atoms with van der Waals surface area (Å²) in [4.78, 5) is 70.4. The van der Waals surface area contributed by atoms with Crippen LogP contribution in [0.3, 0.4) is 0 Å². The molecule has 2 aromatic rings. The lowest BCUT2D eigenvalue weighted by molar-refractivity contribution is -0.181. The number of likely N-dealkylation sites (N-methyl/N-ethyl adjacent to an activating group) is 1. The summed E-state index contributed by atoms with van der Waals surface area (Å²) in [5.41, 5.74) is 4.75. The SMILES string of the molecule is COc1ccc(-c2cc(N(C)C)c3c(c2O)C(=O)C2C(=O)C4(O)C(=O)C(C(N)=O)C(=O)C(N(C)C)C4CC2C3)cc1. The number of ether oxygens (including phenoxy) is 1. The number of primary amides is 1. The zero-order valence-corrected chi connectivity index (χ0v) is 23.5. The Balaban J connectivity index is 1.67. The van der Waals surface area contributed by atoms with Crippen molar-refractivity contribution in [1.29, 1.82) is 0 Å². The van der Waals surface area contributed by atoms with E-state index < -0.39 is 64.4 Å². The number of phenols is 1. The van der Waals surface area contributed by atoms with Crippen molar-refractivity contribution in [3.05, 3.63) is 41.5 Å². The molecule has 0 aliphatic heterocycles. The van der Waals surface area contributed by atoms with E-state index in [2.05, 4.69) is 0 Å². The van der Waals surface area contributed by atoms with E-state index in [4.69, 9.17) is 10.5 Å². The first kappa shape index (κ1) is 28.4. The molecule has 0 bridgehead atoms. The largest absolute Gasteiger partial charge is 0.507 e. The van der Waals surface area contributed by atoms with Gasteiger partial charge in [-0.2, -0.15) is 0 Å². The van der Waals surface area contributed by atoms with Gasteiger partial charge in [-0.05, 0) is 62.2 Å². The Morgan fingerprint density at radius 3 is 2.22 bits per heavy atom. The first-order chi connectivity index (χ1) is 19.2. The highest BCUT2D eigenvalue weighted by Crippen LogP contribution is 2.53. The molecule has 0 radical (unpaired) electrons. The third-order valence-electron chi connectivity index (χ3n) is 8.92. The first-order valence-electron chi connectivity index (χ1n) is 13.3. The van der Waals surface area contributed by atoms with Crippen molar-refractivity contribution in [3.8, 4) is 22.6 Å². The number of fused-ring (bicyclic) bond motifs is 3. The quantitative estimate of drug-likeness (QED) is 0.439. The van der Waals surface area contributed by atoms with Crippen LogP contribution in [0.5, 0.6) is 11.5 Å². The zero-order valence-electron chi connectivity index (χ0n) is 23.5. The fourth-order valence-corrected chi connectivity index (χ4v) is 7.04. The van der Waals surface area contributed by atoms with Crippen molar-refractivity contribution in [3.63, 3.8) is 0 Å². The smallest absolute Gasteiger partial charge is 0.235 e. The summed E-state index contributed by atoms with van der Waals surface area (Å²) in [7, 11) is 8.24. The number of methoxy groups -OCH3 is 1. The minimum atomic E-state index is -2.76. The summed E-state index contributed by atoms with van der Waals surface area (Å²) >= 11 is 0. The van der Waals surface area contributed by atoms with Gasteiger partial charge in [-0.25, -0.2) is 0 Å². The lowest BCUT2D eigenvalue weighted by atomic mass is 9.52. The summed E-state index contributed by atoms with van der Waals surface area (Å²) in [5.74, 6) is -10.1. The molecule has 1 amide bonds. The standard InChI is InChI=1S/C30H33N3O8/c1-32(2)19-12-16(13-6-8-15(41-5)9-7-13)24(34)21-17(19)10-14-11-18-23(33(3)4)26(36)22(29(31)39)28(38)30(18,40)27(37)20(14)25(21)35/h6-9,12,14,18,20,22-23,34,40H,10-11H2,1-5H3,(H2,31,39). The van der Waals surface area contributed by atoms with Crippen LogP contribution in [0.25, 0.3) is 11.1 Å². The van der Waals surface area contributed by atoms with Crippen molar-refractivity contribution in [2.45, 2.75) is 24.5 Å². The summed E-state index contributed by atoms with van der Waals surface area (Å²) < 4.78 is 5.22. The molecule has 41 heavy (non-hydrogen) atoms. The molecule has 2 saturated carbocycles. The molecule has 11 heteroatoms. The third-order valence-corrected chi connectivity index (χ3v) is 8.92. The second-order valence-corrected chi connectivity index (χ2v) is 11.6. The van der Waals surface area contributed by atoms with Gasteiger partial charge in [0, 0.05) is 31.3 Å². The molecule has 0 spiro atoms. The molecule has 5 rings (SSSR count). The number of phenolic OH excluding ortho intramolecular Hbond substituents is 1. The number of hydrogen-bond donors (Lipinski definition) is 3. The number of hydrogen-bond acceptors (Lipinski definition) is 10. The fourth-order valence-electron chi connectivity index (χ4n) is 7.04. The minimum Gasteiger partial charge on any atom is -0.507 e. The zero-order chi connectivity index (χ0) is 30.1. The maximum Gasteiger partial charge on any atom is 0.235 e. The number of Topliss-reactive ketones (excluding diaryl/α,β-unsaturated/α-hetero) is 4. The Bertz CT molecular complexity index is 1500. The van der Waals surface area contributed by atoms with Crippen LogP contribution < -0.4 is 15.4 Å². The van der Waals surface area contributed by atoms with Crippen molar-refractivity contribution < 1.29 is 38.9 Å². The normalized spacial score (nSPS) is 29.1. The summed E-state index contributed by atoms with van der Waals surface area (Å²) in [6.45, 7) is 0. The predicted octanol–water partition coefficient (Wildman–Crippen LogP) is 0.609.